The van der Waals surface area contributed by atoms with Crippen molar-refractivity contribution in [2.45, 2.75) is 6.92 Å². The van der Waals surface area contributed by atoms with Crippen molar-refractivity contribution in [2.24, 2.45) is 0 Å². The molecule has 0 amide bonds. The van der Waals surface area contributed by atoms with Crippen LogP contribution in [-0.4, -0.2) is 5.16 Å². The van der Waals surface area contributed by atoms with Crippen molar-refractivity contribution in [3.05, 3.63) is 22.3 Å². The second kappa shape index (κ2) is 2.48. The number of rotatable bonds is 0. The molecule has 0 saturated carbocycles. The van der Waals surface area contributed by atoms with Gasteiger partial charge in [0.25, 0.3) is 0 Å². The molecule has 0 fully saturated rings. The van der Waals surface area contributed by atoms with E-state index in [4.69, 9.17) is 10.3 Å². The molecule has 4 heteroatoms. The Balaban J connectivity index is 2.87. The molecular weight excluding hydrogens is 220 g/mol. The van der Waals surface area contributed by atoms with Crippen molar-refractivity contribution < 1.29 is 4.52 Å². The van der Waals surface area contributed by atoms with Crippen LogP contribution in [0.2, 0.25) is 0 Å². The molecule has 0 radical (unpaired) electrons. The number of aryl methyl sites for hydroxylation is 1. The number of nitrogen functional groups attached to an aromatic ring is 1. The van der Waals surface area contributed by atoms with Gasteiger partial charge in [0.15, 0.2) is 5.58 Å². The molecule has 12 heavy (non-hydrogen) atoms. The van der Waals surface area contributed by atoms with Gasteiger partial charge in [0.05, 0.1) is 5.69 Å². The third kappa shape index (κ3) is 0.992. The summed E-state index contributed by atoms with van der Waals surface area (Å²) in [5.74, 6) is 0. The lowest BCUT2D eigenvalue weighted by Gasteiger charge is -1.95. The summed E-state index contributed by atoms with van der Waals surface area (Å²) >= 11 is 3.31. The summed E-state index contributed by atoms with van der Waals surface area (Å²) in [6.45, 7) is 1.89. The van der Waals surface area contributed by atoms with Gasteiger partial charge in [-0.15, -0.1) is 0 Å². The first-order chi connectivity index (χ1) is 5.68. The van der Waals surface area contributed by atoms with Crippen molar-refractivity contribution in [3.8, 4) is 0 Å². The highest BCUT2D eigenvalue weighted by Gasteiger charge is 2.06. The van der Waals surface area contributed by atoms with E-state index in [0.29, 0.717) is 5.69 Å². The summed E-state index contributed by atoms with van der Waals surface area (Å²) in [4.78, 5) is 0. The highest BCUT2D eigenvalue weighted by molar-refractivity contribution is 9.10. The third-order valence-electron chi connectivity index (χ3n) is 1.77. The largest absolute Gasteiger partial charge is 0.398 e. The molecule has 1 aromatic heterocycles. The second-order valence-electron chi connectivity index (χ2n) is 2.64. The van der Waals surface area contributed by atoms with Crippen molar-refractivity contribution in [1.29, 1.82) is 0 Å². The molecule has 0 spiro atoms. The second-order valence-corrected chi connectivity index (χ2v) is 3.49. The average molecular weight is 227 g/mol. The van der Waals surface area contributed by atoms with Crippen LogP contribution in [0.1, 0.15) is 5.69 Å². The Bertz CT molecular complexity index is 436. The molecule has 62 valence electrons. The molecule has 0 aliphatic heterocycles. The molecule has 0 saturated heterocycles. The molecule has 1 aromatic carbocycles. The van der Waals surface area contributed by atoms with Gasteiger partial charge in [0.2, 0.25) is 0 Å². The molecule has 0 aliphatic carbocycles. The van der Waals surface area contributed by atoms with Gasteiger partial charge in [-0.05, 0) is 28.9 Å². The zero-order valence-electron chi connectivity index (χ0n) is 6.47. The van der Waals surface area contributed by atoms with E-state index in [1.807, 2.05) is 19.1 Å². The summed E-state index contributed by atoms with van der Waals surface area (Å²) in [6, 6.07) is 3.68. The number of fused-ring (bicyclic) bond motifs is 1. The smallest absolute Gasteiger partial charge is 0.168 e. The fourth-order valence-electron chi connectivity index (χ4n) is 1.10. The van der Waals surface area contributed by atoms with Crippen LogP contribution in [-0.2, 0) is 0 Å². The quantitative estimate of drug-likeness (QED) is 0.703. The molecule has 2 rings (SSSR count). The summed E-state index contributed by atoms with van der Waals surface area (Å²) in [5.41, 5.74) is 8.02. The zero-order valence-corrected chi connectivity index (χ0v) is 8.05. The molecule has 0 bridgehead atoms. The SMILES string of the molecule is Cc1noc2cc(Br)c(N)cc12. The van der Waals surface area contributed by atoms with Crippen LogP contribution in [0.3, 0.4) is 0 Å². The van der Waals surface area contributed by atoms with E-state index < -0.39 is 0 Å². The molecule has 3 nitrogen and oxygen atoms in total. The maximum absolute atomic E-state index is 5.70. The fraction of sp³-hybridized carbons (Fsp3) is 0.125. The Morgan fingerprint density at radius 2 is 2.25 bits per heavy atom. The van der Waals surface area contributed by atoms with Gasteiger partial charge in [-0.3, -0.25) is 0 Å². The average Bonchev–Trinajstić information content (AvgIpc) is 2.35. The molecule has 1 heterocycles. The van der Waals surface area contributed by atoms with Gasteiger partial charge in [-0.1, -0.05) is 5.16 Å². The van der Waals surface area contributed by atoms with E-state index in [9.17, 15) is 0 Å². The summed E-state index contributed by atoms with van der Waals surface area (Å²) < 4.78 is 5.89. The summed E-state index contributed by atoms with van der Waals surface area (Å²) in [7, 11) is 0. The third-order valence-corrected chi connectivity index (χ3v) is 2.46. The van der Waals surface area contributed by atoms with E-state index in [1.165, 1.54) is 0 Å². The fourth-order valence-corrected chi connectivity index (χ4v) is 1.42. The van der Waals surface area contributed by atoms with Gasteiger partial charge in [-0.2, -0.15) is 0 Å². The molecule has 2 N–H and O–H groups in total. The lowest BCUT2D eigenvalue weighted by molar-refractivity contribution is 0.450. The standard InChI is InChI=1S/C8H7BrN2O/c1-4-5-2-7(10)6(9)3-8(5)12-11-4/h2-3H,10H2,1H3. The maximum atomic E-state index is 5.70. The van der Waals surface area contributed by atoms with Gasteiger partial charge in [0.1, 0.15) is 0 Å². The number of anilines is 1. The van der Waals surface area contributed by atoms with E-state index >= 15 is 0 Å². The highest BCUT2D eigenvalue weighted by Crippen LogP contribution is 2.27. The normalized spacial score (nSPS) is 10.8. The van der Waals surface area contributed by atoms with Crippen molar-refractivity contribution in [3.63, 3.8) is 0 Å². The van der Waals surface area contributed by atoms with Crippen LogP contribution in [0.4, 0.5) is 5.69 Å². The van der Waals surface area contributed by atoms with E-state index in [1.54, 1.807) is 0 Å². The topological polar surface area (TPSA) is 52.0 Å². The lowest BCUT2D eigenvalue weighted by Crippen LogP contribution is -1.85. The first kappa shape index (κ1) is 7.61. The number of aromatic nitrogens is 1. The van der Waals surface area contributed by atoms with Gasteiger partial charge < -0.3 is 10.3 Å². The number of benzene rings is 1. The van der Waals surface area contributed by atoms with Crippen molar-refractivity contribution >= 4 is 32.6 Å². The van der Waals surface area contributed by atoms with E-state index in [-0.39, 0.29) is 0 Å². The maximum Gasteiger partial charge on any atom is 0.168 e. The summed E-state index contributed by atoms with van der Waals surface area (Å²) in [5, 5.41) is 4.79. The van der Waals surface area contributed by atoms with Crippen molar-refractivity contribution in [2.75, 3.05) is 5.73 Å². The first-order valence-electron chi connectivity index (χ1n) is 3.49. The number of hydrogen-bond donors (Lipinski definition) is 1. The number of nitrogens with zero attached hydrogens (tertiary/aromatic N) is 1. The van der Waals surface area contributed by atoms with E-state index in [0.717, 1.165) is 21.1 Å². The molecular formula is C8H7BrN2O. The van der Waals surface area contributed by atoms with Crippen LogP contribution in [0.15, 0.2) is 21.1 Å². The van der Waals surface area contributed by atoms with Crippen LogP contribution in [0.5, 0.6) is 0 Å². The Labute approximate surface area is 77.7 Å². The Hall–Kier alpha value is -1.03. The van der Waals surface area contributed by atoms with Crippen LogP contribution in [0.25, 0.3) is 11.0 Å². The zero-order chi connectivity index (χ0) is 8.72. The molecule has 0 atom stereocenters. The lowest BCUT2D eigenvalue weighted by atomic mass is 10.2. The van der Waals surface area contributed by atoms with Crippen LogP contribution < -0.4 is 5.73 Å². The number of halogens is 1. The predicted molar refractivity (Wildman–Crippen MR) is 50.9 cm³/mol. The Kier molecular flexibility index (Phi) is 1.58. The Morgan fingerprint density at radius 1 is 1.50 bits per heavy atom. The minimum Gasteiger partial charge on any atom is -0.398 e. The number of hydrogen-bond acceptors (Lipinski definition) is 3. The minimum atomic E-state index is 0.703. The number of nitrogens with two attached hydrogens (primary N) is 1. The minimum absolute atomic E-state index is 0.703. The molecule has 0 aliphatic rings. The Morgan fingerprint density at radius 3 is 3.00 bits per heavy atom. The van der Waals surface area contributed by atoms with Gasteiger partial charge in [0, 0.05) is 21.6 Å². The first-order valence-corrected chi connectivity index (χ1v) is 4.29. The van der Waals surface area contributed by atoms with Crippen LogP contribution in [0, 0.1) is 6.92 Å². The predicted octanol–water partition coefficient (Wildman–Crippen LogP) is 2.48. The van der Waals surface area contributed by atoms with Crippen molar-refractivity contribution in [1.82, 2.24) is 5.16 Å². The summed E-state index contributed by atoms with van der Waals surface area (Å²) in [6.07, 6.45) is 0. The highest BCUT2D eigenvalue weighted by atomic mass is 79.9. The van der Waals surface area contributed by atoms with Crippen LogP contribution >= 0.6 is 15.9 Å². The van der Waals surface area contributed by atoms with Gasteiger partial charge in [-0.25, -0.2) is 0 Å². The van der Waals surface area contributed by atoms with E-state index in [2.05, 4.69) is 21.1 Å². The molecule has 0 unspecified atom stereocenters. The van der Waals surface area contributed by atoms with Gasteiger partial charge >= 0.3 is 0 Å². The molecule has 2 aromatic rings. The monoisotopic (exact) mass is 226 g/mol.